The maximum atomic E-state index is 11.2. The van der Waals surface area contributed by atoms with Crippen molar-refractivity contribution >= 4 is 44.8 Å². The van der Waals surface area contributed by atoms with Gasteiger partial charge in [-0.15, -0.1) is 0 Å². The summed E-state index contributed by atoms with van der Waals surface area (Å²) in [4.78, 5) is 0. The van der Waals surface area contributed by atoms with E-state index in [9.17, 15) is 8.42 Å². The van der Waals surface area contributed by atoms with E-state index < -0.39 is 13.1 Å². The molecule has 0 aliphatic rings. The van der Waals surface area contributed by atoms with Crippen molar-refractivity contribution in [3.05, 3.63) is 0 Å². The Labute approximate surface area is 100 Å². The minimum absolute atomic E-state index is 0.316. The van der Waals surface area contributed by atoms with Gasteiger partial charge in [-0.05, 0) is 6.42 Å². The molecule has 0 radical (unpaired) electrons. The maximum absolute atomic E-state index is 11.2. The molecular weight excluding hydrogens is 269 g/mol. The second kappa shape index (κ2) is 6.38. The summed E-state index contributed by atoms with van der Waals surface area (Å²) in [6, 6.07) is 0. The lowest BCUT2D eigenvalue weighted by molar-refractivity contribution is 0.574. The number of sulfonamides is 1. The van der Waals surface area contributed by atoms with Gasteiger partial charge in [0.15, 0.2) is 0 Å². The molecule has 0 amide bonds. The van der Waals surface area contributed by atoms with E-state index >= 15 is 0 Å². The molecule has 0 atom stereocenters. The van der Waals surface area contributed by atoms with E-state index in [1.807, 2.05) is 0 Å². The van der Waals surface area contributed by atoms with E-state index in [1.165, 1.54) is 0 Å². The van der Waals surface area contributed by atoms with Crippen molar-refractivity contribution in [3.63, 3.8) is 0 Å². The maximum Gasteiger partial charge on any atom is 0.306 e. The first-order valence-corrected chi connectivity index (χ1v) is 6.99. The summed E-state index contributed by atoms with van der Waals surface area (Å²) in [7, 11) is -3.84. The normalized spacial score (nSPS) is 13.1. The summed E-state index contributed by atoms with van der Waals surface area (Å²) in [5, 5.41) is 0. The first-order chi connectivity index (χ1) is 6.31. The zero-order chi connectivity index (χ0) is 11.2. The highest BCUT2D eigenvalue weighted by Gasteiger charge is 2.37. The van der Waals surface area contributed by atoms with Crippen LogP contribution in [-0.4, -0.2) is 18.1 Å². The Kier molecular flexibility index (Phi) is 6.74. The van der Waals surface area contributed by atoms with Crippen LogP contribution in [0.3, 0.4) is 0 Å². The Balaban J connectivity index is 3.80. The number of alkyl halides is 3. The smallest absolute Gasteiger partial charge is 0.211 e. The first kappa shape index (κ1) is 14.8. The minimum Gasteiger partial charge on any atom is -0.211 e. The Morgan fingerprint density at radius 1 is 1.14 bits per heavy atom. The van der Waals surface area contributed by atoms with E-state index in [-0.39, 0.29) is 0 Å². The van der Waals surface area contributed by atoms with Gasteiger partial charge in [0.1, 0.15) is 0 Å². The highest BCUT2D eigenvalue weighted by atomic mass is 35.6. The number of hydrogen-bond donors (Lipinski definition) is 1. The number of unbranched alkanes of at least 4 members (excludes halogenated alkanes) is 3. The molecule has 0 bridgehead atoms. The van der Waals surface area contributed by atoms with Gasteiger partial charge in [-0.2, -0.15) is 0 Å². The predicted octanol–water partition coefficient (Wildman–Crippen LogP) is 2.81. The summed E-state index contributed by atoms with van der Waals surface area (Å²) in [6.45, 7) is 2.39. The Bertz CT molecular complexity index is 248. The quantitative estimate of drug-likeness (QED) is 0.601. The molecule has 7 heteroatoms. The van der Waals surface area contributed by atoms with Crippen LogP contribution >= 0.6 is 34.8 Å². The molecule has 0 aromatic rings. The highest BCUT2D eigenvalue weighted by Crippen LogP contribution is 2.31. The van der Waals surface area contributed by atoms with Crippen LogP contribution in [0, 0.1) is 0 Å². The lowest BCUT2D eigenvalue weighted by Crippen LogP contribution is -2.34. The van der Waals surface area contributed by atoms with Gasteiger partial charge in [-0.1, -0.05) is 61.0 Å². The van der Waals surface area contributed by atoms with Crippen LogP contribution in [0.5, 0.6) is 0 Å². The molecule has 0 aromatic carbocycles. The van der Waals surface area contributed by atoms with Gasteiger partial charge in [-0.3, -0.25) is 0 Å². The fourth-order valence-corrected chi connectivity index (χ4v) is 1.91. The third-order valence-corrected chi connectivity index (χ3v) is 4.65. The predicted molar refractivity (Wildman–Crippen MR) is 61.4 cm³/mol. The van der Waals surface area contributed by atoms with Crippen LogP contribution in [0.2, 0.25) is 0 Å². The van der Waals surface area contributed by atoms with Crippen molar-refractivity contribution in [3.8, 4) is 0 Å². The van der Waals surface area contributed by atoms with Crippen molar-refractivity contribution in [2.75, 3.05) is 6.54 Å². The summed E-state index contributed by atoms with van der Waals surface area (Å²) in [5.74, 6) is 0. The molecule has 0 heterocycles. The lowest BCUT2D eigenvalue weighted by Gasteiger charge is -2.12. The molecule has 0 rings (SSSR count). The van der Waals surface area contributed by atoms with Gasteiger partial charge >= 0.3 is 3.12 Å². The molecule has 0 saturated carbocycles. The fraction of sp³-hybridized carbons (Fsp3) is 1.00. The summed E-state index contributed by atoms with van der Waals surface area (Å²) in [5.41, 5.74) is 0. The summed E-state index contributed by atoms with van der Waals surface area (Å²) >= 11 is 15.7. The number of nitrogens with one attached hydrogen (secondary N) is 1. The lowest BCUT2D eigenvalue weighted by atomic mass is 10.2. The molecule has 0 fully saturated rings. The third kappa shape index (κ3) is 5.61. The van der Waals surface area contributed by atoms with E-state index in [1.54, 1.807) is 0 Å². The van der Waals surface area contributed by atoms with E-state index in [2.05, 4.69) is 11.6 Å². The molecular formula is C7H14Cl3NO2S. The molecule has 3 nitrogen and oxygen atoms in total. The number of halogens is 3. The Morgan fingerprint density at radius 3 is 2.14 bits per heavy atom. The topological polar surface area (TPSA) is 46.2 Å². The van der Waals surface area contributed by atoms with Crippen LogP contribution < -0.4 is 4.72 Å². The minimum atomic E-state index is -3.84. The van der Waals surface area contributed by atoms with Gasteiger partial charge in [0, 0.05) is 6.54 Å². The standard InChI is InChI=1S/C7H14Cl3NO2S/c1-2-3-4-5-6-11-14(12,13)7(8,9)10/h11H,2-6H2,1H3. The molecule has 0 aliphatic carbocycles. The van der Waals surface area contributed by atoms with E-state index in [0.717, 1.165) is 25.7 Å². The van der Waals surface area contributed by atoms with Crippen molar-refractivity contribution in [2.24, 2.45) is 0 Å². The third-order valence-electron chi connectivity index (χ3n) is 1.63. The van der Waals surface area contributed by atoms with Gasteiger partial charge in [0.2, 0.25) is 0 Å². The SMILES string of the molecule is CCCCCCNS(=O)(=O)C(Cl)(Cl)Cl. The van der Waals surface area contributed by atoms with Gasteiger partial charge < -0.3 is 0 Å². The van der Waals surface area contributed by atoms with Gasteiger partial charge in [0.25, 0.3) is 10.0 Å². The monoisotopic (exact) mass is 281 g/mol. The molecule has 86 valence electrons. The largest absolute Gasteiger partial charge is 0.306 e. The van der Waals surface area contributed by atoms with Crippen LogP contribution in [0.15, 0.2) is 0 Å². The average Bonchev–Trinajstić information content (AvgIpc) is 2.02. The molecule has 14 heavy (non-hydrogen) atoms. The van der Waals surface area contributed by atoms with Crippen molar-refractivity contribution in [1.29, 1.82) is 0 Å². The van der Waals surface area contributed by atoms with Crippen LogP contribution in [0.4, 0.5) is 0 Å². The number of rotatable bonds is 6. The Morgan fingerprint density at radius 2 is 1.71 bits per heavy atom. The summed E-state index contributed by atoms with van der Waals surface area (Å²) < 4.78 is 22.3. The first-order valence-electron chi connectivity index (χ1n) is 4.37. The van der Waals surface area contributed by atoms with Crippen molar-refractivity contribution in [2.45, 2.75) is 35.7 Å². The van der Waals surface area contributed by atoms with Crippen molar-refractivity contribution in [1.82, 2.24) is 4.72 Å². The van der Waals surface area contributed by atoms with E-state index in [0.29, 0.717) is 6.54 Å². The van der Waals surface area contributed by atoms with E-state index in [4.69, 9.17) is 34.8 Å². The fourth-order valence-electron chi connectivity index (χ4n) is 0.840. The van der Waals surface area contributed by atoms with Crippen LogP contribution in [0.1, 0.15) is 32.6 Å². The molecule has 0 saturated heterocycles. The molecule has 0 aromatic heterocycles. The second-order valence-corrected chi connectivity index (χ2v) is 7.77. The zero-order valence-electron chi connectivity index (χ0n) is 7.89. The van der Waals surface area contributed by atoms with Gasteiger partial charge in [-0.25, -0.2) is 13.1 Å². The molecule has 0 spiro atoms. The number of hydrogen-bond acceptors (Lipinski definition) is 2. The van der Waals surface area contributed by atoms with Crippen LogP contribution in [-0.2, 0) is 10.0 Å². The van der Waals surface area contributed by atoms with Gasteiger partial charge in [0.05, 0.1) is 0 Å². The second-order valence-electron chi connectivity index (χ2n) is 2.90. The molecule has 1 N–H and O–H groups in total. The molecule has 0 unspecified atom stereocenters. The zero-order valence-corrected chi connectivity index (χ0v) is 11.0. The van der Waals surface area contributed by atoms with Crippen molar-refractivity contribution < 1.29 is 8.42 Å². The van der Waals surface area contributed by atoms with Crippen LogP contribution in [0.25, 0.3) is 0 Å². The average molecular weight is 283 g/mol. The molecule has 0 aliphatic heterocycles. The highest BCUT2D eigenvalue weighted by molar-refractivity contribution is 7.95. The summed E-state index contributed by atoms with van der Waals surface area (Å²) in [6.07, 6.45) is 3.90. The Hall–Kier alpha value is 0.780.